The Balaban J connectivity index is 2.01. The Bertz CT molecular complexity index is 622. The zero-order chi connectivity index (χ0) is 21.1. The second-order valence-electron chi connectivity index (χ2n) is 8.62. The molecule has 0 aliphatic carbocycles. The minimum absolute atomic E-state index is 0.166. The third kappa shape index (κ3) is 4.72. The number of hydrogen-bond donors (Lipinski definition) is 2. The van der Waals surface area contributed by atoms with Crippen molar-refractivity contribution in [2.45, 2.75) is 58.2 Å². The predicted molar refractivity (Wildman–Crippen MR) is 118 cm³/mol. The molecule has 1 aliphatic rings. The van der Waals surface area contributed by atoms with E-state index in [1.807, 2.05) is 17.0 Å². The summed E-state index contributed by atoms with van der Waals surface area (Å²) in [5.41, 5.74) is 2.62. The molecule has 28 heavy (non-hydrogen) atoms. The highest BCUT2D eigenvalue weighted by molar-refractivity contribution is 6.78. The van der Waals surface area contributed by atoms with Crippen LogP contribution in [0.15, 0.2) is 24.3 Å². The first kappa shape index (κ1) is 22.8. The van der Waals surface area contributed by atoms with E-state index in [4.69, 9.17) is 4.43 Å². The van der Waals surface area contributed by atoms with Crippen LogP contribution in [0.25, 0.3) is 0 Å². The lowest BCUT2D eigenvalue weighted by Crippen LogP contribution is -2.55. The molecule has 1 heterocycles. The van der Waals surface area contributed by atoms with Crippen molar-refractivity contribution < 1.29 is 19.3 Å². The van der Waals surface area contributed by atoms with Gasteiger partial charge in [-0.05, 0) is 34.2 Å². The summed E-state index contributed by atoms with van der Waals surface area (Å²) < 4.78 is 6.30. The van der Waals surface area contributed by atoms with Crippen LogP contribution >= 0.6 is 0 Å². The zero-order valence-corrected chi connectivity index (χ0v) is 19.1. The fourth-order valence-corrected chi connectivity index (χ4v) is 9.71. The van der Waals surface area contributed by atoms with Crippen molar-refractivity contribution in [3.8, 4) is 0 Å². The minimum atomic E-state index is -2.22. The number of hydrogen-bond acceptors (Lipinski definition) is 5. The molecule has 0 spiro atoms. The van der Waals surface area contributed by atoms with Crippen molar-refractivity contribution >= 4 is 32.7 Å². The normalized spacial score (nSPS) is 15.5. The van der Waals surface area contributed by atoms with Gasteiger partial charge in [-0.2, -0.15) is 0 Å². The number of amides is 1. The van der Waals surface area contributed by atoms with E-state index in [1.165, 1.54) is 0 Å². The maximum atomic E-state index is 13.0. The molecule has 1 aliphatic heterocycles. The second-order valence-corrected chi connectivity index (χ2v) is 14.0. The maximum absolute atomic E-state index is 13.0. The fourth-order valence-electron chi connectivity index (χ4n) is 4.57. The lowest BCUT2D eigenvalue weighted by Gasteiger charge is -2.43. The molecule has 1 amide bonds. The van der Waals surface area contributed by atoms with Crippen LogP contribution in [-0.2, 0) is 4.43 Å². The average Bonchev–Trinajstić information content (AvgIpc) is 2.65. The van der Waals surface area contributed by atoms with Crippen LogP contribution < -0.4 is 10.4 Å². The molecule has 0 unspecified atom stereocenters. The highest BCUT2D eigenvalue weighted by atomic mass is 28.4. The van der Waals surface area contributed by atoms with Crippen molar-refractivity contribution in [3.63, 3.8) is 0 Å². The molecule has 0 aromatic heterocycles. The predicted octanol–water partition coefficient (Wildman–Crippen LogP) is 2.80. The maximum Gasteiger partial charge on any atom is 0.488 e. The largest absolute Gasteiger partial charge is 0.503 e. The Kier molecular flexibility index (Phi) is 7.59. The molecule has 1 aromatic carbocycles. The summed E-state index contributed by atoms with van der Waals surface area (Å²) in [6.07, 6.45) is -0.166. The van der Waals surface area contributed by atoms with Gasteiger partial charge in [-0.25, -0.2) is 4.79 Å². The second kappa shape index (κ2) is 9.33. The quantitative estimate of drug-likeness (QED) is 0.711. The SMILES string of the molecule is CC(C)[Si](OC(=O)N1CCN(c2ccc(B(O)O)cc2)CC1)(C(C)C)C(C)C. The van der Waals surface area contributed by atoms with Gasteiger partial charge in [-0.15, -0.1) is 0 Å². The topological polar surface area (TPSA) is 73.2 Å². The number of anilines is 1. The number of carbonyl (C=O) groups is 1. The van der Waals surface area contributed by atoms with Gasteiger partial charge in [0.05, 0.1) is 0 Å². The molecular formula is C20H35BN2O4Si. The van der Waals surface area contributed by atoms with E-state index in [1.54, 1.807) is 12.1 Å². The van der Waals surface area contributed by atoms with E-state index in [0.29, 0.717) is 35.2 Å². The van der Waals surface area contributed by atoms with Crippen LogP contribution in [0.4, 0.5) is 10.5 Å². The molecule has 0 radical (unpaired) electrons. The molecule has 156 valence electrons. The molecular weight excluding hydrogens is 371 g/mol. The van der Waals surface area contributed by atoms with Gasteiger partial charge in [0.1, 0.15) is 0 Å². The standard InChI is InChI=1S/C20H35BN2O4Si/c1-15(2)28(16(3)4,17(5)6)27-20(24)23-13-11-22(12-14-23)19-9-7-18(8-10-19)21(25)26/h7-10,15-17,25-26H,11-14H2,1-6H3. The number of nitrogens with zero attached hydrogens (tertiary/aromatic N) is 2. The van der Waals surface area contributed by atoms with Crippen LogP contribution in [0.2, 0.25) is 16.6 Å². The van der Waals surface area contributed by atoms with Crippen LogP contribution in [0, 0.1) is 0 Å². The monoisotopic (exact) mass is 406 g/mol. The number of rotatable bonds is 6. The smallest absolute Gasteiger partial charge is 0.488 e. The molecule has 2 rings (SSSR count). The molecule has 1 saturated heterocycles. The van der Waals surface area contributed by atoms with Gasteiger partial charge in [0.15, 0.2) is 0 Å². The van der Waals surface area contributed by atoms with E-state index in [9.17, 15) is 14.8 Å². The number of benzene rings is 1. The van der Waals surface area contributed by atoms with Crippen molar-refractivity contribution in [3.05, 3.63) is 24.3 Å². The van der Waals surface area contributed by atoms with Gasteiger partial charge in [0.2, 0.25) is 0 Å². The average molecular weight is 406 g/mol. The summed E-state index contributed by atoms with van der Waals surface area (Å²) in [6.45, 7) is 15.8. The van der Waals surface area contributed by atoms with E-state index < -0.39 is 15.4 Å². The van der Waals surface area contributed by atoms with Crippen molar-refractivity contribution in [2.75, 3.05) is 31.1 Å². The van der Waals surface area contributed by atoms with E-state index in [0.717, 1.165) is 18.8 Å². The van der Waals surface area contributed by atoms with Crippen LogP contribution in [0.1, 0.15) is 41.5 Å². The van der Waals surface area contributed by atoms with Crippen molar-refractivity contribution in [2.24, 2.45) is 0 Å². The van der Waals surface area contributed by atoms with Crippen LogP contribution in [0.3, 0.4) is 0 Å². The summed E-state index contributed by atoms with van der Waals surface area (Å²) >= 11 is 0. The van der Waals surface area contributed by atoms with E-state index in [-0.39, 0.29) is 6.09 Å². The van der Waals surface area contributed by atoms with Gasteiger partial charge in [0, 0.05) is 31.9 Å². The van der Waals surface area contributed by atoms with Gasteiger partial charge in [0.25, 0.3) is 8.32 Å². The molecule has 8 heteroatoms. The fraction of sp³-hybridized carbons (Fsp3) is 0.650. The Labute approximate surface area is 170 Å². The lowest BCUT2D eigenvalue weighted by atomic mass is 9.80. The Morgan fingerprint density at radius 1 is 0.929 bits per heavy atom. The highest BCUT2D eigenvalue weighted by Gasteiger charge is 2.49. The molecule has 0 saturated carbocycles. The van der Waals surface area contributed by atoms with Crippen molar-refractivity contribution in [1.29, 1.82) is 0 Å². The summed E-state index contributed by atoms with van der Waals surface area (Å²) in [4.78, 5) is 17.0. The summed E-state index contributed by atoms with van der Waals surface area (Å²) in [5, 5.41) is 18.4. The Hall–Kier alpha value is -1.51. The highest BCUT2D eigenvalue weighted by Crippen LogP contribution is 2.42. The summed E-state index contributed by atoms with van der Waals surface area (Å²) in [6, 6.07) is 7.21. The minimum Gasteiger partial charge on any atom is -0.503 e. The third-order valence-electron chi connectivity index (χ3n) is 6.07. The van der Waals surface area contributed by atoms with Gasteiger partial charge in [-0.1, -0.05) is 53.7 Å². The number of carbonyl (C=O) groups excluding carboxylic acids is 1. The van der Waals surface area contributed by atoms with Gasteiger partial charge >= 0.3 is 13.2 Å². The van der Waals surface area contributed by atoms with Crippen LogP contribution in [0.5, 0.6) is 0 Å². The first-order valence-electron chi connectivity index (χ1n) is 10.3. The van der Waals surface area contributed by atoms with Crippen LogP contribution in [-0.4, -0.2) is 62.7 Å². The lowest BCUT2D eigenvalue weighted by molar-refractivity contribution is 0.142. The summed E-state index contributed by atoms with van der Waals surface area (Å²) in [7, 11) is -3.68. The summed E-state index contributed by atoms with van der Waals surface area (Å²) in [5.74, 6) is 0. The van der Waals surface area contributed by atoms with Gasteiger partial charge in [-0.3, -0.25) is 0 Å². The first-order chi connectivity index (χ1) is 13.1. The first-order valence-corrected chi connectivity index (χ1v) is 12.4. The zero-order valence-electron chi connectivity index (χ0n) is 18.1. The molecule has 6 nitrogen and oxygen atoms in total. The molecule has 2 N–H and O–H groups in total. The molecule has 1 aromatic rings. The molecule has 0 atom stereocenters. The van der Waals surface area contributed by atoms with Gasteiger partial charge < -0.3 is 24.3 Å². The Morgan fingerprint density at radius 2 is 1.39 bits per heavy atom. The molecule has 1 fully saturated rings. The van der Waals surface area contributed by atoms with E-state index >= 15 is 0 Å². The van der Waals surface area contributed by atoms with Crippen molar-refractivity contribution in [1.82, 2.24) is 4.90 Å². The Morgan fingerprint density at radius 3 is 1.79 bits per heavy atom. The number of piperazine rings is 1. The van der Waals surface area contributed by atoms with E-state index in [2.05, 4.69) is 46.4 Å². The third-order valence-corrected chi connectivity index (χ3v) is 12.0. The molecule has 0 bridgehead atoms.